The number of rotatable bonds is 3. The lowest BCUT2D eigenvalue weighted by Crippen LogP contribution is -2.19. The molecule has 0 N–H and O–H groups in total. The average Bonchev–Trinajstić information content (AvgIpc) is 2.98. The highest BCUT2D eigenvalue weighted by atomic mass is 16.6. The number of nitro groups is 1. The first-order valence-electron chi connectivity index (χ1n) is 6.08. The summed E-state index contributed by atoms with van der Waals surface area (Å²) in [6.45, 7) is 0. The molecule has 0 heterocycles. The number of fused-ring (bicyclic) bond motifs is 2. The zero-order valence-corrected chi connectivity index (χ0v) is 9.73. The first-order chi connectivity index (χ1) is 8.70. The third kappa shape index (κ3) is 1.56. The van der Waals surface area contributed by atoms with Crippen molar-refractivity contribution in [3.63, 3.8) is 0 Å². The Morgan fingerprint density at radius 1 is 1.28 bits per heavy atom. The zero-order valence-electron chi connectivity index (χ0n) is 9.73. The standard InChI is InChI=1S/C14H13NO3/c16-8-13-9-4-5-11(6-9)14(13)10-2-1-3-12(7-10)15(17)18/h1-5,7-9,11,13-14H,6H2. The third-order valence-corrected chi connectivity index (χ3v) is 4.14. The molecule has 2 aliphatic carbocycles. The average molecular weight is 243 g/mol. The Kier molecular flexibility index (Phi) is 2.51. The molecule has 2 bridgehead atoms. The number of hydrogen-bond acceptors (Lipinski definition) is 3. The number of carbonyl (C=O) groups excluding carboxylic acids is 1. The molecule has 0 amide bonds. The van der Waals surface area contributed by atoms with Crippen LogP contribution in [0.2, 0.25) is 0 Å². The van der Waals surface area contributed by atoms with Crippen LogP contribution in [-0.2, 0) is 4.79 Å². The molecule has 4 atom stereocenters. The van der Waals surface area contributed by atoms with E-state index >= 15 is 0 Å². The summed E-state index contributed by atoms with van der Waals surface area (Å²) in [7, 11) is 0. The Morgan fingerprint density at radius 2 is 2.06 bits per heavy atom. The lowest BCUT2D eigenvalue weighted by Gasteiger charge is -2.23. The molecule has 1 saturated carbocycles. The van der Waals surface area contributed by atoms with Crippen LogP contribution in [0, 0.1) is 27.9 Å². The highest BCUT2D eigenvalue weighted by molar-refractivity contribution is 5.60. The number of nitro benzene ring substituents is 1. The maximum atomic E-state index is 11.2. The highest BCUT2D eigenvalue weighted by Gasteiger charge is 2.45. The van der Waals surface area contributed by atoms with E-state index < -0.39 is 0 Å². The minimum absolute atomic E-state index is 0.0259. The molecule has 1 aromatic rings. The molecule has 3 rings (SSSR count). The predicted octanol–water partition coefficient (Wildman–Crippen LogP) is 2.70. The van der Waals surface area contributed by atoms with Gasteiger partial charge in [0.15, 0.2) is 0 Å². The Balaban J connectivity index is 1.99. The molecule has 0 spiro atoms. The fourth-order valence-corrected chi connectivity index (χ4v) is 3.36. The van der Waals surface area contributed by atoms with Crippen molar-refractivity contribution in [2.75, 3.05) is 0 Å². The van der Waals surface area contributed by atoms with Crippen LogP contribution < -0.4 is 0 Å². The van der Waals surface area contributed by atoms with Crippen LogP contribution in [0.5, 0.6) is 0 Å². The number of aldehydes is 1. The molecule has 0 aliphatic heterocycles. The van der Waals surface area contributed by atoms with Gasteiger partial charge in [-0.05, 0) is 23.8 Å². The van der Waals surface area contributed by atoms with E-state index in [0.717, 1.165) is 18.3 Å². The summed E-state index contributed by atoms with van der Waals surface area (Å²) in [5, 5.41) is 10.8. The first-order valence-corrected chi connectivity index (χ1v) is 6.08. The second-order valence-corrected chi connectivity index (χ2v) is 5.04. The summed E-state index contributed by atoms with van der Waals surface area (Å²) in [5.74, 6) is 0.753. The van der Waals surface area contributed by atoms with E-state index in [1.54, 1.807) is 12.1 Å². The molecule has 1 aromatic carbocycles. The van der Waals surface area contributed by atoms with E-state index in [1.807, 2.05) is 6.07 Å². The SMILES string of the molecule is O=CC1C2C=CC(C2)C1c1cccc([N+](=O)[O-])c1. The Bertz CT molecular complexity index is 538. The van der Waals surface area contributed by atoms with E-state index in [-0.39, 0.29) is 22.4 Å². The molecule has 0 saturated heterocycles. The van der Waals surface area contributed by atoms with Gasteiger partial charge in [-0.2, -0.15) is 0 Å². The molecule has 4 nitrogen and oxygen atoms in total. The van der Waals surface area contributed by atoms with E-state index in [2.05, 4.69) is 12.2 Å². The number of carbonyl (C=O) groups is 1. The number of hydrogen-bond donors (Lipinski definition) is 0. The molecule has 0 aromatic heterocycles. The molecule has 0 radical (unpaired) electrons. The van der Waals surface area contributed by atoms with Crippen molar-refractivity contribution in [2.24, 2.45) is 17.8 Å². The highest BCUT2D eigenvalue weighted by Crippen LogP contribution is 2.52. The normalized spacial score (nSPS) is 32.7. The lowest BCUT2D eigenvalue weighted by atomic mass is 9.79. The molecule has 18 heavy (non-hydrogen) atoms. The lowest BCUT2D eigenvalue weighted by molar-refractivity contribution is -0.384. The van der Waals surface area contributed by atoms with Crippen LogP contribution in [0.15, 0.2) is 36.4 Å². The molecule has 1 fully saturated rings. The smallest absolute Gasteiger partial charge is 0.269 e. The number of allylic oxidation sites excluding steroid dienone is 2. The van der Waals surface area contributed by atoms with Gasteiger partial charge in [0.2, 0.25) is 0 Å². The van der Waals surface area contributed by atoms with Gasteiger partial charge in [0, 0.05) is 24.0 Å². The summed E-state index contributed by atoms with van der Waals surface area (Å²) < 4.78 is 0. The Labute approximate surface area is 104 Å². The Morgan fingerprint density at radius 3 is 2.78 bits per heavy atom. The largest absolute Gasteiger partial charge is 0.303 e. The van der Waals surface area contributed by atoms with Gasteiger partial charge >= 0.3 is 0 Å². The molecule has 2 aliphatic rings. The quantitative estimate of drug-likeness (QED) is 0.355. The summed E-state index contributed by atoms with van der Waals surface area (Å²) in [6, 6.07) is 6.69. The van der Waals surface area contributed by atoms with Crippen molar-refractivity contribution < 1.29 is 9.72 Å². The van der Waals surface area contributed by atoms with E-state index in [0.29, 0.717) is 11.8 Å². The van der Waals surface area contributed by atoms with Crippen LogP contribution >= 0.6 is 0 Å². The number of non-ortho nitro benzene ring substituents is 1. The van der Waals surface area contributed by atoms with Crippen molar-refractivity contribution in [1.29, 1.82) is 0 Å². The van der Waals surface area contributed by atoms with Gasteiger partial charge in [0.25, 0.3) is 5.69 Å². The van der Waals surface area contributed by atoms with Gasteiger partial charge in [-0.15, -0.1) is 0 Å². The Hall–Kier alpha value is -1.97. The topological polar surface area (TPSA) is 60.2 Å². The van der Waals surface area contributed by atoms with Gasteiger partial charge in [0.05, 0.1) is 4.92 Å². The summed E-state index contributed by atoms with van der Waals surface area (Å²) >= 11 is 0. The van der Waals surface area contributed by atoms with E-state index in [1.165, 1.54) is 6.07 Å². The minimum atomic E-state index is -0.386. The van der Waals surface area contributed by atoms with Gasteiger partial charge in [-0.25, -0.2) is 0 Å². The fourth-order valence-electron chi connectivity index (χ4n) is 3.36. The summed E-state index contributed by atoms with van der Waals surface area (Å²) in [4.78, 5) is 21.6. The van der Waals surface area contributed by atoms with Gasteiger partial charge in [-0.1, -0.05) is 24.3 Å². The van der Waals surface area contributed by atoms with Crippen LogP contribution in [-0.4, -0.2) is 11.2 Å². The van der Waals surface area contributed by atoms with Gasteiger partial charge in [-0.3, -0.25) is 10.1 Å². The van der Waals surface area contributed by atoms with Gasteiger partial charge < -0.3 is 4.79 Å². The predicted molar refractivity (Wildman–Crippen MR) is 66.1 cm³/mol. The maximum Gasteiger partial charge on any atom is 0.269 e. The van der Waals surface area contributed by atoms with Crippen molar-refractivity contribution in [1.82, 2.24) is 0 Å². The summed E-state index contributed by atoms with van der Waals surface area (Å²) in [5.41, 5.74) is 1.02. The zero-order chi connectivity index (χ0) is 12.7. The molecular formula is C14H13NO3. The number of benzene rings is 1. The van der Waals surface area contributed by atoms with Crippen LogP contribution in [0.4, 0.5) is 5.69 Å². The maximum absolute atomic E-state index is 11.2. The van der Waals surface area contributed by atoms with Crippen molar-refractivity contribution in [3.05, 3.63) is 52.1 Å². The van der Waals surface area contributed by atoms with E-state index in [9.17, 15) is 14.9 Å². The number of nitrogens with zero attached hydrogens (tertiary/aromatic N) is 1. The van der Waals surface area contributed by atoms with Crippen LogP contribution in [0.25, 0.3) is 0 Å². The molecule has 4 heteroatoms. The molecular weight excluding hydrogens is 230 g/mol. The fraction of sp³-hybridized carbons (Fsp3) is 0.357. The first kappa shape index (κ1) is 11.1. The molecule has 4 unspecified atom stereocenters. The minimum Gasteiger partial charge on any atom is -0.303 e. The van der Waals surface area contributed by atoms with E-state index in [4.69, 9.17) is 0 Å². The monoisotopic (exact) mass is 243 g/mol. The summed E-state index contributed by atoms with van der Waals surface area (Å²) in [6.07, 6.45) is 6.26. The van der Waals surface area contributed by atoms with Gasteiger partial charge in [0.1, 0.15) is 6.29 Å². The second kappa shape index (κ2) is 4.05. The third-order valence-electron chi connectivity index (χ3n) is 4.14. The van der Waals surface area contributed by atoms with Crippen LogP contribution in [0.3, 0.4) is 0 Å². The second-order valence-electron chi connectivity index (χ2n) is 5.04. The van der Waals surface area contributed by atoms with Crippen molar-refractivity contribution in [3.8, 4) is 0 Å². The van der Waals surface area contributed by atoms with Crippen molar-refractivity contribution >= 4 is 12.0 Å². The van der Waals surface area contributed by atoms with Crippen LogP contribution in [0.1, 0.15) is 17.9 Å². The van der Waals surface area contributed by atoms with Crippen molar-refractivity contribution in [2.45, 2.75) is 12.3 Å². The molecule has 92 valence electrons.